The Hall–Kier alpha value is -4.55. The summed E-state index contributed by atoms with van der Waals surface area (Å²) >= 11 is 0. The average molecular weight is 553 g/mol. The SMILES string of the molecule is N=C(c1ccc(C(=O)Nc2cc(C(F)(F)F)ccn2)cc1)c1c(N)ncnc1N[C@@H]1CCCN(C(=O)C2CC2)C1. The second-order valence-corrected chi connectivity index (χ2v) is 9.86. The number of benzene rings is 1. The molecule has 2 fully saturated rings. The summed E-state index contributed by atoms with van der Waals surface area (Å²) in [6, 6.07) is 7.46. The van der Waals surface area contributed by atoms with Gasteiger partial charge in [-0.2, -0.15) is 13.2 Å². The van der Waals surface area contributed by atoms with Gasteiger partial charge in [-0.15, -0.1) is 0 Å². The van der Waals surface area contributed by atoms with Crippen molar-refractivity contribution in [3.05, 3.63) is 71.2 Å². The Morgan fingerprint density at radius 1 is 1.02 bits per heavy atom. The first-order chi connectivity index (χ1) is 19.1. The standard InChI is InChI=1S/C27H27F3N8O2/c28-27(29,30)18-9-10-33-20(12-18)37-25(39)16-5-3-15(4-6-16)22(31)21-23(32)34-14-35-24(21)36-19-2-1-11-38(13-19)26(40)17-7-8-17/h3-6,9-10,12,14,17,19,31H,1-2,7-8,11,13H2,(H,33,37,39)(H3,32,34,35,36)/t19-/m1/s1. The number of hydrogen-bond acceptors (Lipinski definition) is 8. The van der Waals surface area contributed by atoms with E-state index in [0.29, 0.717) is 23.5 Å². The summed E-state index contributed by atoms with van der Waals surface area (Å²) < 4.78 is 38.9. The van der Waals surface area contributed by atoms with Gasteiger partial charge in [-0.3, -0.25) is 15.0 Å². The van der Waals surface area contributed by atoms with Crippen molar-refractivity contribution in [2.75, 3.05) is 29.5 Å². The van der Waals surface area contributed by atoms with Gasteiger partial charge in [0, 0.05) is 42.4 Å². The zero-order valence-corrected chi connectivity index (χ0v) is 21.3. The van der Waals surface area contributed by atoms with Crippen LogP contribution < -0.4 is 16.4 Å². The van der Waals surface area contributed by atoms with Gasteiger partial charge < -0.3 is 21.3 Å². The van der Waals surface area contributed by atoms with Crippen LogP contribution in [0.1, 0.15) is 52.7 Å². The van der Waals surface area contributed by atoms with Crippen molar-refractivity contribution < 1.29 is 22.8 Å². The van der Waals surface area contributed by atoms with Crippen molar-refractivity contribution in [1.29, 1.82) is 5.41 Å². The molecular weight excluding hydrogens is 525 g/mol. The first-order valence-corrected chi connectivity index (χ1v) is 12.8. The summed E-state index contributed by atoms with van der Waals surface area (Å²) in [4.78, 5) is 39.2. The summed E-state index contributed by atoms with van der Waals surface area (Å²) in [5, 5.41) is 14.5. The number of amides is 2. The number of carbonyl (C=O) groups is 2. The third-order valence-electron chi connectivity index (χ3n) is 6.89. The number of alkyl halides is 3. The van der Waals surface area contributed by atoms with Gasteiger partial charge in [0.1, 0.15) is 23.8 Å². The van der Waals surface area contributed by atoms with E-state index in [-0.39, 0.29) is 40.8 Å². The van der Waals surface area contributed by atoms with Crippen molar-refractivity contribution in [3.63, 3.8) is 0 Å². The molecule has 10 nitrogen and oxygen atoms in total. The highest BCUT2D eigenvalue weighted by atomic mass is 19.4. The fourth-order valence-electron chi connectivity index (χ4n) is 4.63. The summed E-state index contributed by atoms with van der Waals surface area (Å²) in [5.74, 6) is -0.0837. The molecule has 1 saturated heterocycles. The molecule has 1 aliphatic carbocycles. The Morgan fingerprint density at radius 3 is 2.45 bits per heavy atom. The number of likely N-dealkylation sites (tertiary alicyclic amines) is 1. The van der Waals surface area contributed by atoms with Gasteiger partial charge in [-0.05, 0) is 49.9 Å². The fraction of sp³-hybridized carbons (Fsp3) is 0.333. The monoisotopic (exact) mass is 552 g/mol. The molecule has 1 aromatic carbocycles. The molecule has 2 amide bonds. The molecule has 40 heavy (non-hydrogen) atoms. The van der Waals surface area contributed by atoms with Crippen LogP contribution in [0.2, 0.25) is 0 Å². The normalized spacial score (nSPS) is 17.3. The molecule has 2 aliphatic rings. The zero-order chi connectivity index (χ0) is 28.4. The minimum Gasteiger partial charge on any atom is -0.383 e. The number of carbonyl (C=O) groups excluding carboxylic acids is 2. The first-order valence-electron chi connectivity index (χ1n) is 12.8. The van der Waals surface area contributed by atoms with Crippen molar-refractivity contribution in [2.45, 2.75) is 37.9 Å². The summed E-state index contributed by atoms with van der Waals surface area (Å²) in [7, 11) is 0. The maximum Gasteiger partial charge on any atom is 0.416 e. The third kappa shape index (κ3) is 6.03. The van der Waals surface area contributed by atoms with E-state index in [0.717, 1.165) is 50.6 Å². The summed E-state index contributed by atoms with van der Waals surface area (Å²) in [5.41, 5.74) is 6.12. The first kappa shape index (κ1) is 27.0. The highest BCUT2D eigenvalue weighted by molar-refractivity contribution is 6.16. The van der Waals surface area contributed by atoms with Crippen molar-refractivity contribution >= 4 is 35.0 Å². The molecule has 0 bridgehead atoms. The molecule has 0 radical (unpaired) electrons. The minimum atomic E-state index is -4.56. The van der Waals surface area contributed by atoms with Crippen molar-refractivity contribution in [3.8, 4) is 0 Å². The van der Waals surface area contributed by atoms with Crippen LogP contribution in [-0.4, -0.2) is 56.5 Å². The zero-order valence-electron chi connectivity index (χ0n) is 21.3. The lowest BCUT2D eigenvalue weighted by atomic mass is 10.0. The van der Waals surface area contributed by atoms with Crippen LogP contribution in [0.4, 0.5) is 30.6 Å². The second kappa shape index (κ2) is 10.9. The third-order valence-corrected chi connectivity index (χ3v) is 6.89. The number of nitrogens with zero attached hydrogens (tertiary/aromatic N) is 4. The lowest BCUT2D eigenvalue weighted by molar-refractivity contribution is -0.137. The summed E-state index contributed by atoms with van der Waals surface area (Å²) in [6.07, 6.45) is 1.28. The van der Waals surface area contributed by atoms with Gasteiger partial charge >= 0.3 is 6.18 Å². The van der Waals surface area contributed by atoms with Crippen LogP contribution in [0.5, 0.6) is 0 Å². The molecule has 1 atom stereocenters. The van der Waals surface area contributed by atoms with E-state index >= 15 is 0 Å². The number of piperidine rings is 1. The van der Waals surface area contributed by atoms with E-state index < -0.39 is 17.6 Å². The van der Waals surface area contributed by atoms with Crippen molar-refractivity contribution in [2.24, 2.45) is 5.92 Å². The number of hydrogen-bond donors (Lipinski definition) is 4. The smallest absolute Gasteiger partial charge is 0.383 e. The number of anilines is 3. The van der Waals surface area contributed by atoms with Crippen LogP contribution in [0.15, 0.2) is 48.9 Å². The highest BCUT2D eigenvalue weighted by Gasteiger charge is 2.35. The molecule has 0 spiro atoms. The number of aromatic nitrogens is 3. The second-order valence-electron chi connectivity index (χ2n) is 9.86. The van der Waals surface area contributed by atoms with E-state index in [1.165, 1.54) is 30.6 Å². The van der Waals surface area contributed by atoms with Crippen LogP contribution in [-0.2, 0) is 11.0 Å². The van der Waals surface area contributed by atoms with E-state index in [2.05, 4.69) is 25.6 Å². The molecule has 3 aromatic rings. The van der Waals surface area contributed by atoms with E-state index in [1.807, 2.05) is 4.90 Å². The van der Waals surface area contributed by atoms with Crippen LogP contribution in [0.3, 0.4) is 0 Å². The number of halogens is 3. The van der Waals surface area contributed by atoms with Crippen LogP contribution >= 0.6 is 0 Å². The van der Waals surface area contributed by atoms with Gasteiger partial charge in [-0.25, -0.2) is 15.0 Å². The number of nitrogens with two attached hydrogens (primary N) is 1. The Kier molecular flexibility index (Phi) is 7.37. The molecular formula is C27H27F3N8O2. The maximum absolute atomic E-state index is 13.0. The Bertz CT molecular complexity index is 1440. The molecule has 1 saturated carbocycles. The van der Waals surface area contributed by atoms with Gasteiger partial charge in [0.2, 0.25) is 5.91 Å². The Morgan fingerprint density at radius 2 is 1.75 bits per heavy atom. The molecule has 0 unspecified atom stereocenters. The highest BCUT2D eigenvalue weighted by Crippen LogP contribution is 2.33. The van der Waals surface area contributed by atoms with E-state index in [4.69, 9.17) is 11.1 Å². The van der Waals surface area contributed by atoms with Gasteiger partial charge in [0.15, 0.2) is 0 Å². The van der Waals surface area contributed by atoms with E-state index in [1.54, 1.807) is 0 Å². The fourth-order valence-corrected chi connectivity index (χ4v) is 4.63. The predicted octanol–water partition coefficient (Wildman–Crippen LogP) is 3.95. The van der Waals surface area contributed by atoms with Crippen LogP contribution in [0.25, 0.3) is 0 Å². The lowest BCUT2D eigenvalue weighted by Gasteiger charge is -2.34. The molecule has 3 heterocycles. The number of nitrogens with one attached hydrogen (secondary N) is 3. The van der Waals surface area contributed by atoms with Gasteiger partial charge in [-0.1, -0.05) is 12.1 Å². The minimum absolute atomic E-state index is 0.0221. The molecule has 13 heteroatoms. The maximum atomic E-state index is 13.0. The molecule has 5 rings (SSSR count). The molecule has 2 aromatic heterocycles. The predicted molar refractivity (Wildman–Crippen MR) is 142 cm³/mol. The molecule has 5 N–H and O–H groups in total. The quantitative estimate of drug-likeness (QED) is 0.324. The van der Waals surface area contributed by atoms with Gasteiger partial charge in [0.25, 0.3) is 5.91 Å². The average Bonchev–Trinajstić information content (AvgIpc) is 3.78. The topological polar surface area (TPSA) is 150 Å². The Balaban J connectivity index is 1.29. The van der Waals surface area contributed by atoms with Crippen molar-refractivity contribution in [1.82, 2.24) is 19.9 Å². The number of rotatable bonds is 7. The Labute approximate surface area is 227 Å². The van der Waals surface area contributed by atoms with E-state index in [9.17, 15) is 22.8 Å². The van der Waals surface area contributed by atoms with Gasteiger partial charge in [0.05, 0.1) is 16.8 Å². The molecule has 208 valence electrons. The lowest BCUT2D eigenvalue weighted by Crippen LogP contribution is -2.46. The summed E-state index contributed by atoms with van der Waals surface area (Å²) in [6.45, 7) is 1.27. The van der Waals surface area contributed by atoms with Crippen LogP contribution in [0, 0.1) is 11.3 Å². The number of pyridine rings is 1. The molecule has 1 aliphatic heterocycles. The number of nitrogen functional groups attached to an aromatic ring is 1. The largest absolute Gasteiger partial charge is 0.416 e.